The van der Waals surface area contributed by atoms with Crippen LogP contribution < -0.4 is 0 Å². The zero-order valence-corrected chi connectivity index (χ0v) is 19.0. The van der Waals surface area contributed by atoms with E-state index in [0.717, 1.165) is 28.2 Å². The SMILES string of the molecule is Cc1ccc(-c2nc3ccc(C)cn3c2CC(=O)N(C)C)cc1.O=C(O)C(O)C(O)COO. The summed E-state index contributed by atoms with van der Waals surface area (Å²) >= 11 is 0. The molecule has 178 valence electrons. The van der Waals surface area contributed by atoms with Crippen LogP contribution in [0.3, 0.4) is 0 Å². The van der Waals surface area contributed by atoms with Gasteiger partial charge in [0.05, 0.1) is 17.8 Å². The molecule has 3 rings (SSSR count). The third kappa shape index (κ3) is 6.83. The van der Waals surface area contributed by atoms with E-state index >= 15 is 0 Å². The molecule has 4 N–H and O–H groups in total. The van der Waals surface area contributed by atoms with E-state index in [0.29, 0.717) is 6.42 Å². The number of benzene rings is 1. The lowest BCUT2D eigenvalue weighted by molar-refractivity contribution is -0.262. The minimum atomic E-state index is -1.92. The van der Waals surface area contributed by atoms with Crippen LogP contribution in [-0.4, -0.2) is 79.6 Å². The van der Waals surface area contributed by atoms with E-state index in [1.54, 1.807) is 19.0 Å². The molecule has 2 heterocycles. The molecule has 1 amide bonds. The van der Waals surface area contributed by atoms with Gasteiger partial charge in [-0.3, -0.25) is 10.1 Å². The Morgan fingerprint density at radius 1 is 1.06 bits per heavy atom. The molecular weight excluding hydrogens is 430 g/mol. The second-order valence-electron chi connectivity index (χ2n) is 7.82. The molecule has 0 aliphatic heterocycles. The van der Waals surface area contributed by atoms with E-state index in [1.165, 1.54) is 5.56 Å². The lowest BCUT2D eigenvalue weighted by Gasteiger charge is -2.11. The number of aliphatic carboxylic acids is 1. The number of carboxylic acid groups (broad SMARTS) is 1. The van der Waals surface area contributed by atoms with Crippen molar-refractivity contribution in [1.82, 2.24) is 14.3 Å². The molecule has 1 aromatic carbocycles. The first-order chi connectivity index (χ1) is 15.5. The Bertz CT molecular complexity index is 1090. The summed E-state index contributed by atoms with van der Waals surface area (Å²) in [6.45, 7) is 3.48. The van der Waals surface area contributed by atoms with E-state index in [-0.39, 0.29) is 5.91 Å². The highest BCUT2D eigenvalue weighted by Crippen LogP contribution is 2.26. The number of hydrogen-bond acceptors (Lipinski definition) is 7. The van der Waals surface area contributed by atoms with E-state index in [2.05, 4.69) is 36.1 Å². The summed E-state index contributed by atoms with van der Waals surface area (Å²) in [7, 11) is 3.56. The third-order valence-corrected chi connectivity index (χ3v) is 4.87. The van der Waals surface area contributed by atoms with Crippen molar-refractivity contribution in [1.29, 1.82) is 0 Å². The van der Waals surface area contributed by atoms with Gasteiger partial charge in [0.1, 0.15) is 18.4 Å². The van der Waals surface area contributed by atoms with E-state index in [4.69, 9.17) is 25.6 Å². The number of fused-ring (bicyclic) bond motifs is 1. The van der Waals surface area contributed by atoms with Crippen molar-refractivity contribution in [3.05, 3.63) is 59.4 Å². The maximum Gasteiger partial charge on any atom is 0.335 e. The predicted molar refractivity (Wildman–Crippen MR) is 121 cm³/mol. The maximum atomic E-state index is 12.3. The minimum absolute atomic E-state index is 0.0710. The highest BCUT2D eigenvalue weighted by molar-refractivity contribution is 5.81. The smallest absolute Gasteiger partial charge is 0.335 e. The van der Waals surface area contributed by atoms with Crippen LogP contribution in [0, 0.1) is 13.8 Å². The number of aryl methyl sites for hydroxylation is 2. The van der Waals surface area contributed by atoms with Crippen LogP contribution in [0.2, 0.25) is 0 Å². The highest BCUT2D eigenvalue weighted by Gasteiger charge is 2.23. The first kappa shape index (κ1) is 25.9. The average Bonchev–Trinajstić information content (AvgIpc) is 3.11. The number of pyridine rings is 1. The molecular formula is C23H29N3O7. The summed E-state index contributed by atoms with van der Waals surface area (Å²) in [6, 6.07) is 12.3. The van der Waals surface area contributed by atoms with Crippen molar-refractivity contribution in [2.24, 2.45) is 0 Å². The molecule has 0 aliphatic rings. The topological polar surface area (TPSA) is 145 Å². The van der Waals surface area contributed by atoms with Gasteiger partial charge < -0.3 is 24.6 Å². The zero-order chi connectivity index (χ0) is 24.7. The quantitative estimate of drug-likeness (QED) is 0.307. The van der Waals surface area contributed by atoms with Crippen LogP contribution in [0.1, 0.15) is 16.8 Å². The van der Waals surface area contributed by atoms with Crippen LogP contribution in [0.15, 0.2) is 42.6 Å². The summed E-state index contributed by atoms with van der Waals surface area (Å²) in [5, 5.41) is 32.8. The van der Waals surface area contributed by atoms with E-state index in [1.807, 2.05) is 29.7 Å². The summed E-state index contributed by atoms with van der Waals surface area (Å²) in [6.07, 6.45) is -1.16. The lowest BCUT2D eigenvalue weighted by Crippen LogP contribution is -2.36. The van der Waals surface area contributed by atoms with Gasteiger partial charge in [0.2, 0.25) is 5.91 Å². The van der Waals surface area contributed by atoms with Crippen LogP contribution >= 0.6 is 0 Å². The second kappa shape index (κ2) is 11.5. The molecule has 0 radical (unpaired) electrons. The Balaban J connectivity index is 0.000000328. The summed E-state index contributed by atoms with van der Waals surface area (Å²) < 4.78 is 2.03. The second-order valence-corrected chi connectivity index (χ2v) is 7.82. The van der Waals surface area contributed by atoms with Crippen molar-refractivity contribution in [2.75, 3.05) is 20.7 Å². The normalized spacial score (nSPS) is 12.6. The number of aliphatic hydroxyl groups is 2. The molecule has 0 saturated carbocycles. The summed E-state index contributed by atoms with van der Waals surface area (Å²) in [5.74, 6) is -1.49. The van der Waals surface area contributed by atoms with E-state index < -0.39 is 24.8 Å². The largest absolute Gasteiger partial charge is 0.479 e. The van der Waals surface area contributed by atoms with E-state index in [9.17, 15) is 9.59 Å². The van der Waals surface area contributed by atoms with Crippen molar-refractivity contribution >= 4 is 17.5 Å². The molecule has 3 aromatic rings. The number of carbonyl (C=O) groups excluding carboxylic acids is 1. The molecule has 0 saturated heterocycles. The molecule has 10 nitrogen and oxygen atoms in total. The van der Waals surface area contributed by atoms with Gasteiger partial charge in [-0.1, -0.05) is 35.9 Å². The Hall–Kier alpha value is -3.31. The molecule has 0 fully saturated rings. The van der Waals surface area contributed by atoms with Gasteiger partial charge in [-0.05, 0) is 25.5 Å². The molecule has 0 bridgehead atoms. The number of amides is 1. The Morgan fingerprint density at radius 3 is 2.21 bits per heavy atom. The zero-order valence-electron chi connectivity index (χ0n) is 19.0. The molecule has 33 heavy (non-hydrogen) atoms. The molecule has 0 spiro atoms. The van der Waals surface area contributed by atoms with Crippen LogP contribution in [0.25, 0.3) is 16.9 Å². The predicted octanol–water partition coefficient (Wildman–Crippen LogP) is 1.53. The Morgan fingerprint density at radius 2 is 1.67 bits per heavy atom. The van der Waals surface area contributed by atoms with Crippen molar-refractivity contribution < 1.29 is 35.1 Å². The number of nitrogens with zero attached hydrogens (tertiary/aromatic N) is 3. The molecule has 10 heteroatoms. The standard InChI is InChI=1S/C19H21N3O.C4H8O6/c1-13-5-8-15(9-6-13)19-16(11-18(23)21(3)4)22-12-14(2)7-10-17(22)20-19;5-2(1-10-9)3(6)4(7)8/h5-10,12H,11H2,1-4H3;2-3,5-6,9H,1H2,(H,7,8). The van der Waals surface area contributed by atoms with Crippen LogP contribution in [-0.2, 0) is 20.9 Å². The Labute approximate surface area is 191 Å². The van der Waals surface area contributed by atoms with Gasteiger partial charge in [0, 0.05) is 25.9 Å². The number of carboxylic acids is 1. The fourth-order valence-electron chi connectivity index (χ4n) is 2.94. The third-order valence-electron chi connectivity index (χ3n) is 4.87. The molecule has 2 atom stereocenters. The van der Waals surface area contributed by atoms with Gasteiger partial charge in [-0.15, -0.1) is 0 Å². The number of imidazole rings is 1. The number of rotatable bonds is 7. The number of carbonyl (C=O) groups is 2. The lowest BCUT2D eigenvalue weighted by atomic mass is 10.1. The van der Waals surface area contributed by atoms with Crippen molar-refractivity contribution in [3.8, 4) is 11.3 Å². The molecule has 0 aliphatic carbocycles. The first-order valence-corrected chi connectivity index (χ1v) is 10.1. The van der Waals surface area contributed by atoms with Gasteiger partial charge in [-0.25, -0.2) is 14.7 Å². The van der Waals surface area contributed by atoms with Gasteiger partial charge in [0.15, 0.2) is 6.10 Å². The number of aromatic nitrogens is 2. The summed E-state index contributed by atoms with van der Waals surface area (Å²) in [5.41, 5.74) is 6.08. The van der Waals surface area contributed by atoms with Gasteiger partial charge in [-0.2, -0.15) is 0 Å². The number of likely N-dealkylation sites (N-methyl/N-ethyl adjacent to an activating group) is 1. The Kier molecular flexibility index (Phi) is 9.06. The van der Waals surface area contributed by atoms with Crippen LogP contribution in [0.4, 0.5) is 0 Å². The van der Waals surface area contributed by atoms with Crippen molar-refractivity contribution in [3.63, 3.8) is 0 Å². The molecule has 2 unspecified atom stereocenters. The van der Waals surface area contributed by atoms with Gasteiger partial charge >= 0.3 is 5.97 Å². The van der Waals surface area contributed by atoms with Gasteiger partial charge in [0.25, 0.3) is 0 Å². The maximum absolute atomic E-state index is 12.3. The molecule has 2 aromatic heterocycles. The fourth-order valence-corrected chi connectivity index (χ4v) is 2.94. The monoisotopic (exact) mass is 459 g/mol. The number of aliphatic hydroxyl groups excluding tert-OH is 2. The fraction of sp³-hybridized carbons (Fsp3) is 0.348. The van der Waals surface area contributed by atoms with Crippen molar-refractivity contribution in [2.45, 2.75) is 32.5 Å². The number of hydrogen-bond donors (Lipinski definition) is 4. The van der Waals surface area contributed by atoms with Crippen LogP contribution in [0.5, 0.6) is 0 Å². The summed E-state index contributed by atoms with van der Waals surface area (Å²) in [4.78, 5) is 31.9. The minimum Gasteiger partial charge on any atom is -0.479 e. The average molecular weight is 459 g/mol. The highest BCUT2D eigenvalue weighted by atomic mass is 17.1. The first-order valence-electron chi connectivity index (χ1n) is 10.1.